The molecule has 1 aliphatic rings. The predicted octanol–water partition coefficient (Wildman–Crippen LogP) is 2.04. The Bertz CT molecular complexity index is 614. The van der Waals surface area contributed by atoms with E-state index < -0.39 is 39.0 Å². The molecule has 1 heterocycles. The Kier molecular flexibility index (Phi) is 7.66. The molecule has 0 aromatic heterocycles. The number of methoxy groups -OCH3 is 1. The first-order valence-electron chi connectivity index (χ1n) is 9.55. The Morgan fingerprint density at radius 2 is 1.68 bits per heavy atom. The largest absolute Gasteiger partial charge is 0.497 e. The van der Waals surface area contributed by atoms with Gasteiger partial charge in [-0.05, 0) is 35.8 Å². The van der Waals surface area contributed by atoms with Crippen LogP contribution in [0.3, 0.4) is 0 Å². The average Bonchev–Trinajstić information content (AvgIpc) is 2.63. The molecular formula is C20H34O7Si. The smallest absolute Gasteiger partial charge is 0.192 e. The number of aliphatic hydroxyl groups excluding tert-OH is 3. The molecule has 3 N–H and O–H groups in total. The van der Waals surface area contributed by atoms with E-state index in [4.69, 9.17) is 18.6 Å². The Balaban J connectivity index is 2.20. The fourth-order valence-electron chi connectivity index (χ4n) is 2.82. The molecule has 160 valence electrons. The second kappa shape index (κ2) is 9.21. The van der Waals surface area contributed by atoms with Gasteiger partial charge in [0.1, 0.15) is 30.2 Å². The van der Waals surface area contributed by atoms with Crippen LogP contribution in [0.25, 0.3) is 0 Å². The maximum absolute atomic E-state index is 10.6. The minimum atomic E-state index is -2.27. The summed E-state index contributed by atoms with van der Waals surface area (Å²) in [5.41, 5.74) is 0.907. The molecule has 8 heteroatoms. The third-order valence-corrected chi connectivity index (χ3v) is 10.1. The van der Waals surface area contributed by atoms with Gasteiger partial charge in [0, 0.05) is 0 Å². The summed E-state index contributed by atoms with van der Waals surface area (Å²) in [5.74, 6) is 0.746. The molecule has 2 rings (SSSR count). The van der Waals surface area contributed by atoms with Gasteiger partial charge in [-0.15, -0.1) is 0 Å². The molecular weight excluding hydrogens is 380 g/mol. The maximum Gasteiger partial charge on any atom is 0.192 e. The van der Waals surface area contributed by atoms with Gasteiger partial charge in [-0.25, -0.2) is 0 Å². The van der Waals surface area contributed by atoms with Gasteiger partial charge in [-0.3, -0.25) is 0 Å². The normalized spacial score (nSPS) is 29.0. The summed E-state index contributed by atoms with van der Waals surface area (Å²) in [6.45, 7) is 10.3. The van der Waals surface area contributed by atoms with Crippen LogP contribution in [0.1, 0.15) is 26.3 Å². The highest BCUT2D eigenvalue weighted by Gasteiger charge is 2.50. The third kappa shape index (κ3) is 5.32. The summed E-state index contributed by atoms with van der Waals surface area (Å²) in [6, 6.07) is 7.43. The standard InChI is InChI=1S/C20H34O7Si/c1-20(2,3)28(5,6)27-18-16(22)19(23)26-15(11-21)17(18)25-12-13-7-9-14(24-4)10-8-13/h7-10,15-19,21-23H,11-12H2,1-6H3/t15-,16-,17-,18-,19+/m1/s1. The molecule has 0 bridgehead atoms. The first-order valence-corrected chi connectivity index (χ1v) is 12.5. The highest BCUT2D eigenvalue weighted by molar-refractivity contribution is 6.74. The molecule has 1 aliphatic heterocycles. The first-order chi connectivity index (χ1) is 13.0. The van der Waals surface area contributed by atoms with Crippen molar-refractivity contribution in [1.29, 1.82) is 0 Å². The van der Waals surface area contributed by atoms with Crippen LogP contribution in [-0.4, -0.2) is 68.1 Å². The lowest BCUT2D eigenvalue weighted by molar-refractivity contribution is -0.293. The molecule has 5 atom stereocenters. The quantitative estimate of drug-likeness (QED) is 0.588. The number of hydrogen-bond donors (Lipinski definition) is 3. The molecule has 1 aromatic carbocycles. The zero-order chi connectivity index (χ0) is 21.1. The van der Waals surface area contributed by atoms with Crippen molar-refractivity contribution in [3.05, 3.63) is 29.8 Å². The zero-order valence-electron chi connectivity index (χ0n) is 17.6. The zero-order valence-corrected chi connectivity index (χ0v) is 18.6. The van der Waals surface area contributed by atoms with Crippen LogP contribution in [-0.2, 0) is 20.5 Å². The molecule has 7 nitrogen and oxygen atoms in total. The van der Waals surface area contributed by atoms with Crippen molar-refractivity contribution in [1.82, 2.24) is 0 Å². The van der Waals surface area contributed by atoms with Crippen molar-refractivity contribution in [2.45, 2.75) is 76.2 Å². The van der Waals surface area contributed by atoms with Crippen LogP contribution in [0.5, 0.6) is 5.75 Å². The second-order valence-corrected chi connectivity index (χ2v) is 13.5. The van der Waals surface area contributed by atoms with Gasteiger partial charge in [0.2, 0.25) is 0 Å². The summed E-state index contributed by atoms with van der Waals surface area (Å²) in [5, 5.41) is 30.3. The van der Waals surface area contributed by atoms with Crippen molar-refractivity contribution in [2.75, 3.05) is 13.7 Å². The molecule has 28 heavy (non-hydrogen) atoms. The molecule has 0 spiro atoms. The lowest BCUT2D eigenvalue weighted by atomic mass is 9.99. The number of hydrogen-bond acceptors (Lipinski definition) is 7. The van der Waals surface area contributed by atoms with E-state index in [1.165, 1.54) is 0 Å². The van der Waals surface area contributed by atoms with E-state index >= 15 is 0 Å². The van der Waals surface area contributed by atoms with Gasteiger partial charge in [0.05, 0.1) is 20.3 Å². The molecule has 1 aromatic rings. The highest BCUT2D eigenvalue weighted by Crippen LogP contribution is 2.39. The molecule has 0 aliphatic carbocycles. The van der Waals surface area contributed by atoms with Crippen LogP contribution in [0.15, 0.2) is 24.3 Å². The van der Waals surface area contributed by atoms with Gasteiger partial charge in [0.25, 0.3) is 0 Å². The van der Waals surface area contributed by atoms with E-state index in [-0.39, 0.29) is 18.3 Å². The molecule has 0 unspecified atom stereocenters. The van der Waals surface area contributed by atoms with Crippen LogP contribution in [0, 0.1) is 0 Å². The lowest BCUT2D eigenvalue weighted by Gasteiger charge is -2.47. The van der Waals surface area contributed by atoms with Crippen LogP contribution < -0.4 is 4.74 Å². The highest BCUT2D eigenvalue weighted by atomic mass is 28.4. The van der Waals surface area contributed by atoms with E-state index in [1.54, 1.807) is 7.11 Å². The van der Waals surface area contributed by atoms with Crippen molar-refractivity contribution >= 4 is 8.32 Å². The first kappa shape index (κ1) is 23.3. The molecule has 1 saturated heterocycles. The number of aliphatic hydroxyl groups is 3. The van der Waals surface area contributed by atoms with Crippen molar-refractivity contribution in [2.24, 2.45) is 0 Å². The average molecular weight is 415 g/mol. The van der Waals surface area contributed by atoms with E-state index in [0.717, 1.165) is 11.3 Å². The lowest BCUT2D eigenvalue weighted by Crippen LogP contribution is -2.63. The summed E-state index contributed by atoms with van der Waals surface area (Å²) >= 11 is 0. The summed E-state index contributed by atoms with van der Waals surface area (Å²) in [7, 11) is -0.670. The SMILES string of the molecule is COc1ccc(CO[C@H]2[C@H](O[Si](C)(C)C(C)(C)C)[C@@H](O)[C@@H](O)O[C@@H]2CO)cc1. The fourth-order valence-corrected chi connectivity index (χ4v) is 4.13. The Morgan fingerprint density at radius 1 is 1.07 bits per heavy atom. The minimum absolute atomic E-state index is 0.0920. The fraction of sp³-hybridized carbons (Fsp3) is 0.700. The number of ether oxygens (including phenoxy) is 3. The van der Waals surface area contributed by atoms with E-state index in [9.17, 15) is 15.3 Å². The Labute approximate surface area is 168 Å². The van der Waals surface area contributed by atoms with Crippen LogP contribution in [0.4, 0.5) is 0 Å². The van der Waals surface area contributed by atoms with Crippen LogP contribution in [0.2, 0.25) is 18.1 Å². The van der Waals surface area contributed by atoms with Gasteiger partial charge < -0.3 is 34.0 Å². The molecule has 0 amide bonds. The second-order valence-electron chi connectivity index (χ2n) is 8.70. The molecule has 0 radical (unpaired) electrons. The van der Waals surface area contributed by atoms with E-state index in [2.05, 4.69) is 33.9 Å². The number of benzene rings is 1. The molecule has 1 fully saturated rings. The van der Waals surface area contributed by atoms with Gasteiger partial charge in [-0.2, -0.15) is 0 Å². The van der Waals surface area contributed by atoms with Crippen molar-refractivity contribution in [3.8, 4) is 5.75 Å². The summed E-state index contributed by atoms with van der Waals surface area (Å²) in [4.78, 5) is 0. The van der Waals surface area contributed by atoms with Gasteiger partial charge in [-0.1, -0.05) is 32.9 Å². The minimum Gasteiger partial charge on any atom is -0.497 e. The van der Waals surface area contributed by atoms with Crippen LogP contribution >= 0.6 is 0 Å². The molecule has 0 saturated carbocycles. The number of rotatable bonds is 7. The van der Waals surface area contributed by atoms with E-state index in [1.807, 2.05) is 24.3 Å². The third-order valence-electron chi connectivity index (χ3n) is 5.65. The van der Waals surface area contributed by atoms with Crippen molar-refractivity contribution < 1.29 is 34.0 Å². The summed E-state index contributed by atoms with van der Waals surface area (Å²) in [6.07, 6.45) is -5.03. The Hall–Kier alpha value is -1.00. The Morgan fingerprint density at radius 3 is 2.18 bits per heavy atom. The monoisotopic (exact) mass is 414 g/mol. The van der Waals surface area contributed by atoms with Gasteiger partial charge >= 0.3 is 0 Å². The van der Waals surface area contributed by atoms with Gasteiger partial charge in [0.15, 0.2) is 14.6 Å². The summed E-state index contributed by atoms with van der Waals surface area (Å²) < 4.78 is 22.9. The van der Waals surface area contributed by atoms with Crippen molar-refractivity contribution in [3.63, 3.8) is 0 Å². The van der Waals surface area contributed by atoms with E-state index in [0.29, 0.717) is 0 Å². The topological polar surface area (TPSA) is 97.6 Å². The predicted molar refractivity (Wildman–Crippen MR) is 108 cm³/mol. The maximum atomic E-state index is 10.6.